The fourth-order valence-electron chi connectivity index (χ4n) is 4.19. The largest absolute Gasteiger partial charge is 0.454 e. The number of nitrogens with zero attached hydrogens (tertiary/aromatic N) is 1. The standard InChI is InChI=1S/C16H15NO5/c1-7(18)17-10-2-3-11-15(22-11)14(10)8-4-12-13(21-6-20-12)5-9(8)16(17)19/h4-5,10-11,14-15H,2-3,6H2,1H3/t10-,11+,14+,15+/m0/s1. The first-order valence-electron chi connectivity index (χ1n) is 7.58. The quantitative estimate of drug-likeness (QED) is 0.678. The van der Waals surface area contributed by atoms with Crippen molar-refractivity contribution in [2.24, 2.45) is 0 Å². The molecule has 3 heterocycles. The van der Waals surface area contributed by atoms with Gasteiger partial charge in [-0.15, -0.1) is 0 Å². The van der Waals surface area contributed by atoms with Gasteiger partial charge in [0.05, 0.1) is 12.2 Å². The highest BCUT2D eigenvalue weighted by atomic mass is 16.7. The minimum absolute atomic E-state index is 0.0462. The van der Waals surface area contributed by atoms with Crippen molar-refractivity contribution in [1.82, 2.24) is 4.90 Å². The van der Waals surface area contributed by atoms with Gasteiger partial charge in [-0.3, -0.25) is 14.5 Å². The number of hydrogen-bond acceptors (Lipinski definition) is 5. The summed E-state index contributed by atoms with van der Waals surface area (Å²) in [4.78, 5) is 26.2. The van der Waals surface area contributed by atoms with Crippen LogP contribution >= 0.6 is 0 Å². The molecule has 1 saturated heterocycles. The van der Waals surface area contributed by atoms with Crippen LogP contribution in [-0.4, -0.2) is 41.8 Å². The summed E-state index contributed by atoms with van der Waals surface area (Å²) >= 11 is 0. The second-order valence-corrected chi connectivity index (χ2v) is 6.30. The van der Waals surface area contributed by atoms with Crippen molar-refractivity contribution in [2.75, 3.05) is 6.79 Å². The number of rotatable bonds is 0. The molecule has 0 aromatic heterocycles. The molecule has 4 aliphatic rings. The van der Waals surface area contributed by atoms with Gasteiger partial charge in [-0.2, -0.15) is 0 Å². The molecule has 5 rings (SSSR count). The van der Waals surface area contributed by atoms with Crippen molar-refractivity contribution in [1.29, 1.82) is 0 Å². The van der Waals surface area contributed by atoms with Crippen molar-refractivity contribution < 1.29 is 23.8 Å². The van der Waals surface area contributed by atoms with Gasteiger partial charge in [-0.25, -0.2) is 0 Å². The first-order valence-corrected chi connectivity index (χ1v) is 7.58. The van der Waals surface area contributed by atoms with Crippen LogP contribution in [0.3, 0.4) is 0 Å². The number of imide groups is 1. The molecule has 1 saturated carbocycles. The van der Waals surface area contributed by atoms with Gasteiger partial charge >= 0.3 is 0 Å². The molecule has 0 unspecified atom stereocenters. The van der Waals surface area contributed by atoms with Gasteiger partial charge in [-0.05, 0) is 30.5 Å². The molecule has 0 bridgehead atoms. The van der Waals surface area contributed by atoms with Gasteiger partial charge < -0.3 is 14.2 Å². The number of epoxide rings is 1. The topological polar surface area (TPSA) is 68.4 Å². The van der Waals surface area contributed by atoms with Gasteiger partial charge in [0.2, 0.25) is 12.7 Å². The minimum atomic E-state index is -0.235. The molecule has 4 atom stereocenters. The van der Waals surface area contributed by atoms with Crippen LogP contribution in [0.5, 0.6) is 11.5 Å². The minimum Gasteiger partial charge on any atom is -0.454 e. The number of fused-ring (bicyclic) bond motifs is 6. The van der Waals surface area contributed by atoms with Crippen molar-refractivity contribution in [2.45, 2.75) is 43.9 Å². The van der Waals surface area contributed by atoms with Gasteiger partial charge in [0.15, 0.2) is 11.5 Å². The van der Waals surface area contributed by atoms with E-state index in [2.05, 4.69) is 0 Å². The van der Waals surface area contributed by atoms with E-state index in [1.165, 1.54) is 11.8 Å². The zero-order valence-electron chi connectivity index (χ0n) is 12.1. The second-order valence-electron chi connectivity index (χ2n) is 6.30. The Kier molecular flexibility index (Phi) is 2.27. The smallest absolute Gasteiger partial charge is 0.261 e. The molecule has 1 aliphatic carbocycles. The van der Waals surface area contributed by atoms with Gasteiger partial charge in [0.25, 0.3) is 5.91 Å². The lowest BCUT2D eigenvalue weighted by Crippen LogP contribution is -2.53. The highest BCUT2D eigenvalue weighted by Crippen LogP contribution is 2.52. The molecular formula is C16H15NO5. The highest BCUT2D eigenvalue weighted by molar-refractivity contribution is 6.07. The first-order chi connectivity index (χ1) is 10.6. The van der Waals surface area contributed by atoms with Gasteiger partial charge in [0.1, 0.15) is 0 Å². The van der Waals surface area contributed by atoms with Crippen LogP contribution in [0.25, 0.3) is 0 Å². The molecule has 114 valence electrons. The lowest BCUT2D eigenvalue weighted by Gasteiger charge is -2.41. The van der Waals surface area contributed by atoms with Crippen LogP contribution in [0, 0.1) is 0 Å². The molecular weight excluding hydrogens is 286 g/mol. The zero-order chi connectivity index (χ0) is 15.0. The molecule has 0 N–H and O–H groups in total. The summed E-state index contributed by atoms with van der Waals surface area (Å²) < 4.78 is 16.6. The van der Waals surface area contributed by atoms with Crippen LogP contribution in [0.15, 0.2) is 12.1 Å². The number of amides is 2. The van der Waals surface area contributed by atoms with E-state index < -0.39 is 0 Å². The molecule has 3 aliphatic heterocycles. The summed E-state index contributed by atoms with van der Waals surface area (Å²) in [6, 6.07) is 3.49. The maximum Gasteiger partial charge on any atom is 0.261 e. The number of carbonyl (C=O) groups is 2. The monoisotopic (exact) mass is 301 g/mol. The predicted octanol–water partition coefficient (Wildman–Crippen LogP) is 1.43. The molecule has 2 fully saturated rings. The number of hydrogen-bond donors (Lipinski definition) is 0. The highest BCUT2D eigenvalue weighted by Gasteiger charge is 2.57. The Bertz CT molecular complexity index is 715. The zero-order valence-corrected chi connectivity index (χ0v) is 12.1. The summed E-state index contributed by atoms with van der Waals surface area (Å²) in [5.74, 6) is 0.843. The molecule has 2 amide bonds. The normalized spacial score (nSPS) is 33.9. The van der Waals surface area contributed by atoms with Crippen LogP contribution in [0.2, 0.25) is 0 Å². The Balaban J connectivity index is 1.71. The second kappa shape index (κ2) is 4.01. The Morgan fingerprint density at radius 1 is 1.23 bits per heavy atom. The summed E-state index contributed by atoms with van der Waals surface area (Å²) in [5, 5.41) is 0. The lowest BCUT2D eigenvalue weighted by molar-refractivity contribution is -0.129. The summed E-state index contributed by atoms with van der Waals surface area (Å²) in [7, 11) is 0. The Morgan fingerprint density at radius 3 is 2.77 bits per heavy atom. The average molecular weight is 301 g/mol. The molecule has 0 spiro atoms. The van der Waals surface area contributed by atoms with E-state index in [-0.39, 0.29) is 42.8 Å². The van der Waals surface area contributed by atoms with Gasteiger partial charge in [-0.1, -0.05) is 0 Å². The molecule has 1 aromatic rings. The number of ether oxygens (including phenoxy) is 3. The van der Waals surface area contributed by atoms with Crippen molar-refractivity contribution in [3.05, 3.63) is 23.3 Å². The van der Waals surface area contributed by atoms with E-state index in [9.17, 15) is 9.59 Å². The van der Waals surface area contributed by atoms with Gasteiger partial charge in [0, 0.05) is 24.4 Å². The van der Waals surface area contributed by atoms with E-state index in [0.29, 0.717) is 17.1 Å². The average Bonchev–Trinajstić information content (AvgIpc) is 3.14. The van der Waals surface area contributed by atoms with Crippen LogP contribution in [0.1, 0.15) is 41.6 Å². The fraction of sp³-hybridized carbons (Fsp3) is 0.500. The SMILES string of the molecule is CC(=O)N1C(=O)c2cc3c(cc2[C@H]2[C@@H]4O[C@@H]4CC[C@@H]21)OCO3. The number of benzene rings is 1. The van der Waals surface area contributed by atoms with E-state index in [4.69, 9.17) is 14.2 Å². The van der Waals surface area contributed by atoms with E-state index in [1.54, 1.807) is 6.07 Å². The van der Waals surface area contributed by atoms with Crippen LogP contribution in [0.4, 0.5) is 0 Å². The van der Waals surface area contributed by atoms with E-state index in [1.807, 2.05) is 6.07 Å². The van der Waals surface area contributed by atoms with Crippen LogP contribution < -0.4 is 9.47 Å². The summed E-state index contributed by atoms with van der Waals surface area (Å²) in [5.41, 5.74) is 1.47. The molecule has 22 heavy (non-hydrogen) atoms. The summed E-state index contributed by atoms with van der Waals surface area (Å²) in [6.07, 6.45) is 2.07. The Hall–Kier alpha value is -2.08. The maximum atomic E-state index is 12.8. The van der Waals surface area contributed by atoms with Crippen LogP contribution in [-0.2, 0) is 9.53 Å². The lowest BCUT2D eigenvalue weighted by atomic mass is 9.74. The third-order valence-corrected chi connectivity index (χ3v) is 5.16. The van der Waals surface area contributed by atoms with Crippen molar-refractivity contribution in [3.8, 4) is 11.5 Å². The van der Waals surface area contributed by atoms with Crippen molar-refractivity contribution >= 4 is 11.8 Å². The molecule has 6 heteroatoms. The fourth-order valence-corrected chi connectivity index (χ4v) is 4.19. The molecule has 0 radical (unpaired) electrons. The first kappa shape index (κ1) is 12.5. The molecule has 6 nitrogen and oxygen atoms in total. The Morgan fingerprint density at radius 2 is 2.00 bits per heavy atom. The van der Waals surface area contributed by atoms with E-state index >= 15 is 0 Å². The summed E-state index contributed by atoms with van der Waals surface area (Å²) in [6.45, 7) is 1.62. The maximum absolute atomic E-state index is 12.8. The Labute approximate surface area is 126 Å². The molecule has 1 aromatic carbocycles. The predicted molar refractivity (Wildman–Crippen MR) is 73.8 cm³/mol. The number of carbonyl (C=O) groups excluding carboxylic acids is 2. The third-order valence-electron chi connectivity index (χ3n) is 5.16. The van der Waals surface area contributed by atoms with E-state index in [0.717, 1.165) is 18.4 Å². The van der Waals surface area contributed by atoms with Crippen molar-refractivity contribution in [3.63, 3.8) is 0 Å². The third kappa shape index (κ3) is 1.48.